The van der Waals surface area contributed by atoms with Crippen LogP contribution in [0.5, 0.6) is 0 Å². The number of piperidine rings is 1. The van der Waals surface area contributed by atoms with E-state index in [1.54, 1.807) is 12.5 Å². The molecule has 22 heavy (non-hydrogen) atoms. The number of hydrogen-bond acceptors (Lipinski definition) is 3. The number of carbonyl (C=O) groups is 1. The lowest BCUT2D eigenvalue weighted by Crippen LogP contribution is -2.39. The minimum Gasteiger partial charge on any atom is -0.342 e. The zero-order valence-electron chi connectivity index (χ0n) is 13.0. The number of rotatable bonds is 5. The summed E-state index contributed by atoms with van der Waals surface area (Å²) in [7, 11) is 0. The Hall–Kier alpha value is -2.11. The summed E-state index contributed by atoms with van der Waals surface area (Å²) in [5.74, 6) is 0.633. The summed E-state index contributed by atoms with van der Waals surface area (Å²) in [6, 6.07) is 2.09. The summed E-state index contributed by atoms with van der Waals surface area (Å²) in [6.45, 7) is 4.54. The molecule has 0 radical (unpaired) electrons. The van der Waals surface area contributed by atoms with Gasteiger partial charge in [-0.1, -0.05) is 0 Å². The zero-order chi connectivity index (χ0) is 15.4. The molecule has 1 atom stereocenters. The molecule has 0 unspecified atom stereocenters. The molecular weight excluding hydrogens is 278 g/mol. The average molecular weight is 301 g/mol. The van der Waals surface area contributed by atoms with E-state index in [1.807, 2.05) is 22.6 Å². The Morgan fingerprint density at radius 2 is 2.41 bits per heavy atom. The fourth-order valence-electron chi connectivity index (χ4n) is 3.08. The molecule has 6 nitrogen and oxygen atoms in total. The number of aromatic nitrogens is 4. The second kappa shape index (κ2) is 6.77. The topological polar surface area (TPSA) is 66.8 Å². The highest BCUT2D eigenvalue weighted by Crippen LogP contribution is 2.26. The van der Waals surface area contributed by atoms with Gasteiger partial charge >= 0.3 is 0 Å². The first kappa shape index (κ1) is 14.8. The average Bonchev–Trinajstić information content (AvgIpc) is 3.19. The Kier molecular flexibility index (Phi) is 4.56. The molecule has 0 bridgehead atoms. The Morgan fingerprint density at radius 1 is 1.50 bits per heavy atom. The van der Waals surface area contributed by atoms with Gasteiger partial charge in [0.1, 0.15) is 0 Å². The predicted molar refractivity (Wildman–Crippen MR) is 83.3 cm³/mol. The van der Waals surface area contributed by atoms with E-state index in [9.17, 15) is 4.79 Å². The number of aromatic amines is 1. The van der Waals surface area contributed by atoms with E-state index < -0.39 is 0 Å². The highest BCUT2D eigenvalue weighted by molar-refractivity contribution is 5.76. The van der Waals surface area contributed by atoms with Crippen molar-refractivity contribution in [2.45, 2.75) is 45.1 Å². The summed E-state index contributed by atoms with van der Waals surface area (Å²) >= 11 is 0. The number of nitrogens with one attached hydrogen (secondary N) is 1. The van der Waals surface area contributed by atoms with Gasteiger partial charge in [-0.25, -0.2) is 4.98 Å². The first-order valence-electron chi connectivity index (χ1n) is 7.98. The lowest BCUT2D eigenvalue weighted by atomic mass is 9.94. The third kappa shape index (κ3) is 3.55. The fraction of sp³-hybridized carbons (Fsp3) is 0.562. The Labute approximate surface area is 130 Å². The van der Waals surface area contributed by atoms with Crippen LogP contribution < -0.4 is 0 Å². The Bertz CT molecular complexity index is 604. The number of H-pyrrole nitrogens is 1. The highest BCUT2D eigenvalue weighted by Gasteiger charge is 2.25. The summed E-state index contributed by atoms with van der Waals surface area (Å²) in [6.07, 6.45) is 9.13. The maximum absolute atomic E-state index is 12.4. The van der Waals surface area contributed by atoms with Crippen molar-refractivity contribution in [3.8, 4) is 0 Å². The largest absolute Gasteiger partial charge is 0.342 e. The van der Waals surface area contributed by atoms with Gasteiger partial charge in [-0.2, -0.15) is 5.10 Å². The van der Waals surface area contributed by atoms with E-state index in [2.05, 4.69) is 21.2 Å². The van der Waals surface area contributed by atoms with Crippen molar-refractivity contribution in [3.05, 3.63) is 36.2 Å². The molecular formula is C16H23N5O. The molecule has 1 N–H and O–H groups in total. The number of amides is 1. The van der Waals surface area contributed by atoms with E-state index in [4.69, 9.17) is 0 Å². The molecule has 0 saturated carbocycles. The van der Waals surface area contributed by atoms with E-state index in [0.29, 0.717) is 12.3 Å². The third-order valence-electron chi connectivity index (χ3n) is 4.28. The van der Waals surface area contributed by atoms with Crippen LogP contribution in [-0.2, 0) is 11.3 Å². The zero-order valence-corrected chi connectivity index (χ0v) is 13.0. The second-order valence-corrected chi connectivity index (χ2v) is 6.06. The van der Waals surface area contributed by atoms with Gasteiger partial charge in [-0.15, -0.1) is 0 Å². The summed E-state index contributed by atoms with van der Waals surface area (Å²) in [5.41, 5.74) is 2.17. The van der Waals surface area contributed by atoms with Crippen LogP contribution in [0.3, 0.4) is 0 Å². The summed E-state index contributed by atoms with van der Waals surface area (Å²) in [5, 5.41) is 7.35. The Balaban J connectivity index is 1.49. The van der Waals surface area contributed by atoms with Crippen LogP contribution in [-0.4, -0.2) is 43.6 Å². The molecule has 1 aliphatic rings. The first-order valence-corrected chi connectivity index (χ1v) is 7.98. The van der Waals surface area contributed by atoms with Crippen molar-refractivity contribution in [3.63, 3.8) is 0 Å². The maximum atomic E-state index is 12.4. The summed E-state index contributed by atoms with van der Waals surface area (Å²) in [4.78, 5) is 18.4. The van der Waals surface area contributed by atoms with Crippen molar-refractivity contribution in [1.82, 2.24) is 24.6 Å². The van der Waals surface area contributed by atoms with E-state index in [0.717, 1.165) is 50.3 Å². The normalized spacial score (nSPS) is 18.6. The number of imidazole rings is 1. The monoisotopic (exact) mass is 301 g/mol. The maximum Gasteiger partial charge on any atom is 0.222 e. The van der Waals surface area contributed by atoms with Crippen LogP contribution in [0.25, 0.3) is 0 Å². The molecule has 6 heteroatoms. The highest BCUT2D eigenvalue weighted by atomic mass is 16.2. The Morgan fingerprint density at radius 3 is 3.14 bits per heavy atom. The van der Waals surface area contributed by atoms with Crippen molar-refractivity contribution < 1.29 is 4.79 Å². The SMILES string of the molecule is Cc1cc([C@@H]2CCCN(C(=O)CCCn3ccnc3)C2)n[nH]1. The fourth-order valence-corrected chi connectivity index (χ4v) is 3.08. The van der Waals surface area contributed by atoms with Gasteiger partial charge in [0.05, 0.1) is 12.0 Å². The van der Waals surface area contributed by atoms with Gasteiger partial charge in [0.25, 0.3) is 0 Å². The van der Waals surface area contributed by atoms with Gasteiger partial charge in [0.15, 0.2) is 0 Å². The third-order valence-corrected chi connectivity index (χ3v) is 4.28. The number of nitrogens with zero attached hydrogens (tertiary/aromatic N) is 4. The van der Waals surface area contributed by atoms with Gasteiger partial charge in [-0.05, 0) is 32.3 Å². The van der Waals surface area contributed by atoms with Crippen molar-refractivity contribution >= 4 is 5.91 Å². The van der Waals surface area contributed by atoms with Gasteiger partial charge in [0.2, 0.25) is 5.91 Å². The first-order chi connectivity index (χ1) is 10.7. The molecule has 0 aliphatic carbocycles. The second-order valence-electron chi connectivity index (χ2n) is 6.06. The van der Waals surface area contributed by atoms with Crippen LogP contribution in [0, 0.1) is 6.92 Å². The minimum atomic E-state index is 0.261. The molecule has 1 amide bonds. The molecule has 3 rings (SSSR count). The predicted octanol–water partition coefficient (Wildman–Crippen LogP) is 2.10. The van der Waals surface area contributed by atoms with Crippen LogP contribution >= 0.6 is 0 Å². The van der Waals surface area contributed by atoms with Crippen molar-refractivity contribution in [1.29, 1.82) is 0 Å². The lowest BCUT2D eigenvalue weighted by Gasteiger charge is -2.32. The van der Waals surface area contributed by atoms with Crippen LogP contribution in [0.4, 0.5) is 0 Å². The van der Waals surface area contributed by atoms with E-state index in [1.165, 1.54) is 0 Å². The van der Waals surface area contributed by atoms with Crippen LogP contribution in [0.2, 0.25) is 0 Å². The molecule has 3 heterocycles. The van der Waals surface area contributed by atoms with Gasteiger partial charge in [0, 0.05) is 50.1 Å². The molecule has 2 aromatic rings. The number of aryl methyl sites for hydroxylation is 2. The van der Waals surface area contributed by atoms with Crippen LogP contribution in [0.15, 0.2) is 24.8 Å². The quantitative estimate of drug-likeness (QED) is 0.919. The molecule has 0 spiro atoms. The van der Waals surface area contributed by atoms with E-state index in [-0.39, 0.29) is 5.91 Å². The molecule has 0 aromatic carbocycles. The van der Waals surface area contributed by atoms with Crippen molar-refractivity contribution in [2.75, 3.05) is 13.1 Å². The standard InChI is InChI=1S/C16H23N5O/c1-13-10-15(19-18-13)14-4-2-8-21(11-14)16(22)5-3-7-20-9-6-17-12-20/h6,9-10,12,14H,2-5,7-8,11H2,1H3,(H,18,19)/t14-/m1/s1. The smallest absolute Gasteiger partial charge is 0.222 e. The summed E-state index contributed by atoms with van der Waals surface area (Å²) < 4.78 is 2.01. The van der Waals surface area contributed by atoms with E-state index >= 15 is 0 Å². The number of carbonyl (C=O) groups excluding carboxylic acids is 1. The number of likely N-dealkylation sites (tertiary alicyclic amines) is 1. The lowest BCUT2D eigenvalue weighted by molar-refractivity contribution is -0.132. The number of hydrogen-bond donors (Lipinski definition) is 1. The molecule has 118 valence electrons. The van der Waals surface area contributed by atoms with Crippen LogP contribution in [0.1, 0.15) is 43.0 Å². The van der Waals surface area contributed by atoms with Gasteiger partial charge in [-0.3, -0.25) is 9.89 Å². The molecule has 1 aliphatic heterocycles. The molecule has 2 aromatic heterocycles. The molecule has 1 fully saturated rings. The molecule has 1 saturated heterocycles. The minimum absolute atomic E-state index is 0.261. The van der Waals surface area contributed by atoms with Crippen molar-refractivity contribution in [2.24, 2.45) is 0 Å². The van der Waals surface area contributed by atoms with Gasteiger partial charge < -0.3 is 9.47 Å².